The van der Waals surface area contributed by atoms with Crippen molar-refractivity contribution < 1.29 is 4.79 Å². The van der Waals surface area contributed by atoms with Gasteiger partial charge < -0.3 is 10.2 Å². The van der Waals surface area contributed by atoms with Gasteiger partial charge >= 0.3 is 0 Å². The summed E-state index contributed by atoms with van der Waals surface area (Å²) in [4.78, 5) is 16.6. The van der Waals surface area contributed by atoms with Gasteiger partial charge in [0.2, 0.25) is 5.91 Å². The number of rotatable bonds is 8. The van der Waals surface area contributed by atoms with Crippen LogP contribution in [0, 0.1) is 0 Å². The van der Waals surface area contributed by atoms with E-state index in [1.165, 1.54) is 11.3 Å². The third-order valence-corrected chi connectivity index (χ3v) is 4.67. The molecule has 0 bridgehead atoms. The molecule has 26 heavy (non-hydrogen) atoms. The zero-order valence-corrected chi connectivity index (χ0v) is 16.8. The molecule has 1 N–H and O–H groups in total. The molecule has 1 amide bonds. The fraction of sp³-hybridized carbons (Fsp3) is 0.381. The minimum Gasteiger partial charge on any atom is -0.378 e. The Labute approximate surface area is 161 Å². The molecule has 2 aromatic rings. The van der Waals surface area contributed by atoms with Gasteiger partial charge in [0, 0.05) is 31.4 Å². The van der Waals surface area contributed by atoms with E-state index in [1.807, 2.05) is 45.3 Å². The van der Waals surface area contributed by atoms with Crippen LogP contribution in [0.2, 0.25) is 5.02 Å². The van der Waals surface area contributed by atoms with E-state index in [9.17, 15) is 4.79 Å². The van der Waals surface area contributed by atoms with E-state index in [0.29, 0.717) is 11.6 Å². The quantitative estimate of drug-likeness (QED) is 0.756. The molecular weight excluding hydrogens is 346 g/mol. The van der Waals surface area contributed by atoms with Crippen molar-refractivity contribution in [2.24, 2.45) is 0 Å². The Morgan fingerprint density at radius 3 is 2.23 bits per heavy atom. The van der Waals surface area contributed by atoms with Gasteiger partial charge in [-0.3, -0.25) is 9.69 Å². The molecule has 0 fully saturated rings. The summed E-state index contributed by atoms with van der Waals surface area (Å²) >= 11 is 5.92. The lowest BCUT2D eigenvalue weighted by Gasteiger charge is -2.22. The topological polar surface area (TPSA) is 35.6 Å². The van der Waals surface area contributed by atoms with Crippen LogP contribution in [0.5, 0.6) is 0 Å². The van der Waals surface area contributed by atoms with Crippen molar-refractivity contribution in [1.82, 2.24) is 10.2 Å². The molecule has 4 nitrogen and oxygen atoms in total. The first kappa shape index (κ1) is 20.3. The van der Waals surface area contributed by atoms with Crippen molar-refractivity contribution >= 4 is 23.2 Å². The Morgan fingerprint density at radius 2 is 1.69 bits per heavy atom. The fourth-order valence-corrected chi connectivity index (χ4v) is 2.89. The largest absolute Gasteiger partial charge is 0.378 e. The molecule has 2 aromatic carbocycles. The van der Waals surface area contributed by atoms with Gasteiger partial charge in [-0.25, -0.2) is 0 Å². The number of carbonyl (C=O) groups is 1. The summed E-state index contributed by atoms with van der Waals surface area (Å²) in [5, 5.41) is 3.76. The Hall–Kier alpha value is -2.04. The van der Waals surface area contributed by atoms with Crippen molar-refractivity contribution in [1.29, 1.82) is 0 Å². The van der Waals surface area contributed by atoms with Gasteiger partial charge in [0.05, 0.1) is 12.6 Å². The van der Waals surface area contributed by atoms with Crippen LogP contribution >= 0.6 is 11.6 Å². The molecule has 1 atom stereocenters. The predicted molar refractivity (Wildman–Crippen MR) is 110 cm³/mol. The molecule has 0 heterocycles. The average Bonchev–Trinajstić information content (AvgIpc) is 2.62. The second-order valence-electron chi connectivity index (χ2n) is 6.70. The summed E-state index contributed by atoms with van der Waals surface area (Å²) in [5.74, 6) is 0.0270. The number of amides is 1. The summed E-state index contributed by atoms with van der Waals surface area (Å²) in [6.07, 6.45) is 0. The van der Waals surface area contributed by atoms with Crippen LogP contribution in [0.1, 0.15) is 31.0 Å². The molecule has 0 aliphatic heterocycles. The summed E-state index contributed by atoms with van der Waals surface area (Å²) in [7, 11) is 4.05. The molecule has 0 spiro atoms. The molecule has 140 valence electrons. The molecular formula is C21H28ClN3O. The lowest BCUT2D eigenvalue weighted by atomic mass is 10.1. The summed E-state index contributed by atoms with van der Waals surface area (Å²) < 4.78 is 0. The monoisotopic (exact) mass is 373 g/mol. The molecule has 0 unspecified atom stereocenters. The highest BCUT2D eigenvalue weighted by atomic mass is 35.5. The van der Waals surface area contributed by atoms with Gasteiger partial charge in [0.1, 0.15) is 0 Å². The highest BCUT2D eigenvalue weighted by Gasteiger charge is 2.13. The number of nitrogens with one attached hydrogen (secondary N) is 1. The number of benzene rings is 2. The van der Waals surface area contributed by atoms with Crippen molar-refractivity contribution in [2.75, 3.05) is 32.1 Å². The smallest absolute Gasteiger partial charge is 0.234 e. The molecule has 0 saturated carbocycles. The molecule has 0 aromatic heterocycles. The van der Waals surface area contributed by atoms with Gasteiger partial charge in [0.15, 0.2) is 0 Å². The third-order valence-electron chi connectivity index (χ3n) is 4.42. The van der Waals surface area contributed by atoms with Crippen LogP contribution in [-0.4, -0.2) is 38.0 Å². The van der Waals surface area contributed by atoms with Gasteiger partial charge in [-0.15, -0.1) is 0 Å². The zero-order chi connectivity index (χ0) is 19.1. The Morgan fingerprint density at radius 1 is 1.08 bits per heavy atom. The average molecular weight is 374 g/mol. The Balaban J connectivity index is 1.89. The number of carbonyl (C=O) groups excluding carboxylic acids is 1. The van der Waals surface area contributed by atoms with Crippen molar-refractivity contribution in [3.05, 3.63) is 64.7 Å². The normalized spacial score (nSPS) is 12.1. The van der Waals surface area contributed by atoms with Crippen LogP contribution in [0.4, 0.5) is 5.69 Å². The van der Waals surface area contributed by atoms with Gasteiger partial charge in [-0.05, 0) is 48.9 Å². The number of hydrogen-bond donors (Lipinski definition) is 1. The second kappa shape index (κ2) is 9.60. The van der Waals surface area contributed by atoms with Crippen LogP contribution in [0.15, 0.2) is 48.5 Å². The maximum absolute atomic E-state index is 12.4. The molecule has 2 rings (SSSR count). The number of anilines is 1. The first-order valence-electron chi connectivity index (χ1n) is 8.92. The molecule has 0 aliphatic carbocycles. The molecule has 0 aliphatic rings. The molecule has 0 saturated heterocycles. The maximum atomic E-state index is 12.4. The lowest BCUT2D eigenvalue weighted by Crippen LogP contribution is -2.38. The summed E-state index contributed by atoms with van der Waals surface area (Å²) in [6.45, 7) is 6.01. The van der Waals surface area contributed by atoms with E-state index in [1.54, 1.807) is 0 Å². The van der Waals surface area contributed by atoms with Crippen molar-refractivity contribution in [2.45, 2.75) is 26.4 Å². The Bertz CT molecular complexity index is 698. The highest BCUT2D eigenvalue weighted by molar-refractivity contribution is 6.30. The van der Waals surface area contributed by atoms with Gasteiger partial charge in [-0.2, -0.15) is 0 Å². The van der Waals surface area contributed by atoms with E-state index >= 15 is 0 Å². The van der Waals surface area contributed by atoms with Crippen molar-refractivity contribution in [3.8, 4) is 0 Å². The fourth-order valence-electron chi connectivity index (χ4n) is 2.76. The SMILES string of the molecule is CCN(CC(=O)N[C@H](C)c1ccc(Cl)cc1)Cc1ccc(N(C)C)cc1. The highest BCUT2D eigenvalue weighted by Crippen LogP contribution is 2.16. The summed E-state index contributed by atoms with van der Waals surface area (Å²) in [6, 6.07) is 16.0. The minimum absolute atomic E-state index is 0.0270. The molecule has 0 radical (unpaired) electrons. The van der Waals surface area contributed by atoms with Crippen LogP contribution < -0.4 is 10.2 Å². The van der Waals surface area contributed by atoms with E-state index in [4.69, 9.17) is 11.6 Å². The lowest BCUT2D eigenvalue weighted by molar-refractivity contribution is -0.123. The maximum Gasteiger partial charge on any atom is 0.234 e. The van der Waals surface area contributed by atoms with Gasteiger partial charge in [-0.1, -0.05) is 42.8 Å². The first-order chi connectivity index (χ1) is 12.4. The number of nitrogens with zero attached hydrogens (tertiary/aromatic N) is 2. The van der Waals surface area contributed by atoms with E-state index < -0.39 is 0 Å². The third kappa shape index (κ3) is 6.04. The standard InChI is InChI=1S/C21H28ClN3O/c1-5-25(14-17-6-12-20(13-7-17)24(3)4)15-21(26)23-16(2)18-8-10-19(22)11-9-18/h6-13,16H,5,14-15H2,1-4H3,(H,23,26)/t16-/m1/s1. The Kier molecular flexibility index (Phi) is 7.49. The minimum atomic E-state index is -0.0437. The predicted octanol–water partition coefficient (Wildman–Crippen LogP) is 4.11. The van der Waals surface area contributed by atoms with E-state index in [-0.39, 0.29) is 11.9 Å². The molecule has 5 heteroatoms. The number of halogens is 1. The second-order valence-corrected chi connectivity index (χ2v) is 7.14. The van der Waals surface area contributed by atoms with Gasteiger partial charge in [0.25, 0.3) is 0 Å². The van der Waals surface area contributed by atoms with E-state index in [2.05, 4.69) is 46.3 Å². The van der Waals surface area contributed by atoms with E-state index in [0.717, 1.165) is 18.7 Å². The van der Waals surface area contributed by atoms with Crippen LogP contribution in [0.25, 0.3) is 0 Å². The summed E-state index contributed by atoms with van der Waals surface area (Å²) in [5.41, 5.74) is 3.42. The number of likely N-dealkylation sites (N-methyl/N-ethyl adjacent to an activating group) is 1. The number of hydrogen-bond acceptors (Lipinski definition) is 3. The zero-order valence-electron chi connectivity index (χ0n) is 16.0. The van der Waals surface area contributed by atoms with Crippen LogP contribution in [0.3, 0.4) is 0 Å². The first-order valence-corrected chi connectivity index (χ1v) is 9.30. The van der Waals surface area contributed by atoms with Crippen molar-refractivity contribution in [3.63, 3.8) is 0 Å². The van der Waals surface area contributed by atoms with Crippen LogP contribution in [-0.2, 0) is 11.3 Å².